The van der Waals surface area contributed by atoms with E-state index in [1.165, 1.54) is 70.6 Å². The lowest BCUT2D eigenvalue weighted by Gasteiger charge is -2.58. The van der Waals surface area contributed by atoms with E-state index >= 15 is 0 Å². The fourth-order valence-electron chi connectivity index (χ4n) is 9.60. The first-order valence-corrected chi connectivity index (χ1v) is 15.8. The summed E-state index contributed by atoms with van der Waals surface area (Å²) in [5.74, 6) is 5.66. The number of nitrogens with zero attached hydrogens (tertiary/aromatic N) is 1. The molecule has 5 rings (SSSR count). The van der Waals surface area contributed by atoms with Gasteiger partial charge in [0.1, 0.15) is 0 Å². The van der Waals surface area contributed by atoms with Crippen LogP contribution in [0.5, 0.6) is 0 Å². The highest BCUT2D eigenvalue weighted by atomic mass is 32.2. The highest BCUT2D eigenvalue weighted by Gasteiger charge is 2.59. The van der Waals surface area contributed by atoms with E-state index in [1.807, 2.05) is 5.57 Å². The van der Waals surface area contributed by atoms with Gasteiger partial charge in [0.25, 0.3) is 0 Å². The maximum atomic E-state index is 5.58. The van der Waals surface area contributed by atoms with Crippen LogP contribution in [0.3, 0.4) is 0 Å². The predicted octanol–water partition coefficient (Wildman–Crippen LogP) is 8.38. The number of hydrogen-bond donors (Lipinski definition) is 0. The summed E-state index contributed by atoms with van der Waals surface area (Å²) in [6, 6.07) is 0. The van der Waals surface area contributed by atoms with Gasteiger partial charge in [0.05, 0.1) is 13.2 Å². The summed E-state index contributed by atoms with van der Waals surface area (Å²) in [5, 5.41) is 0.797. The zero-order valence-electron chi connectivity index (χ0n) is 23.0. The zero-order valence-corrected chi connectivity index (χ0v) is 23.8. The second-order valence-corrected chi connectivity index (χ2v) is 15.2. The molecule has 4 aliphatic carbocycles. The molecule has 0 N–H and O–H groups in total. The van der Waals surface area contributed by atoms with Crippen molar-refractivity contribution in [2.24, 2.45) is 46.3 Å². The van der Waals surface area contributed by atoms with Crippen LogP contribution in [0, 0.1) is 46.3 Å². The molecule has 0 aromatic heterocycles. The Balaban J connectivity index is 1.24. The van der Waals surface area contributed by atoms with Crippen LogP contribution in [-0.4, -0.2) is 35.9 Å². The van der Waals surface area contributed by atoms with Crippen LogP contribution in [0.25, 0.3) is 0 Å². The maximum absolute atomic E-state index is 5.58. The lowest BCUT2D eigenvalue weighted by molar-refractivity contribution is -0.0498. The second-order valence-electron chi connectivity index (χ2n) is 13.8. The van der Waals surface area contributed by atoms with Gasteiger partial charge < -0.3 is 4.74 Å². The van der Waals surface area contributed by atoms with E-state index in [2.05, 4.69) is 56.9 Å². The van der Waals surface area contributed by atoms with E-state index in [1.54, 1.807) is 0 Å². The summed E-state index contributed by atoms with van der Waals surface area (Å²) >= 11 is 2.16. The first-order chi connectivity index (χ1) is 16.3. The molecule has 8 atom stereocenters. The van der Waals surface area contributed by atoms with Crippen molar-refractivity contribution in [3.63, 3.8) is 0 Å². The van der Waals surface area contributed by atoms with Crippen LogP contribution >= 0.6 is 11.9 Å². The van der Waals surface area contributed by atoms with Gasteiger partial charge in [-0.2, -0.15) is 0 Å². The maximum Gasteiger partial charge on any atom is 0.0603 e. The Kier molecular flexibility index (Phi) is 7.85. The van der Waals surface area contributed by atoms with Crippen molar-refractivity contribution in [1.29, 1.82) is 0 Å². The molecule has 5 aliphatic rings. The molecule has 3 saturated carbocycles. The lowest BCUT2D eigenvalue weighted by atomic mass is 9.47. The smallest absolute Gasteiger partial charge is 0.0603 e. The molecule has 0 spiro atoms. The third-order valence-electron chi connectivity index (χ3n) is 11.5. The number of hydrogen-bond acceptors (Lipinski definition) is 3. The Hall–Kier alpha value is 0.01000. The van der Waals surface area contributed by atoms with E-state index in [4.69, 9.17) is 4.74 Å². The van der Waals surface area contributed by atoms with Crippen molar-refractivity contribution < 1.29 is 4.74 Å². The number of rotatable bonds is 7. The molecule has 1 aliphatic heterocycles. The Morgan fingerprint density at radius 1 is 1.00 bits per heavy atom. The van der Waals surface area contributed by atoms with Crippen LogP contribution in [0.15, 0.2) is 11.6 Å². The molecule has 4 fully saturated rings. The van der Waals surface area contributed by atoms with Crippen LogP contribution in [0.1, 0.15) is 105 Å². The fourth-order valence-corrected chi connectivity index (χ4v) is 10.9. The van der Waals surface area contributed by atoms with Gasteiger partial charge in [0.15, 0.2) is 0 Å². The van der Waals surface area contributed by atoms with Crippen molar-refractivity contribution >= 4 is 11.9 Å². The van der Waals surface area contributed by atoms with E-state index in [0.717, 1.165) is 67.1 Å². The molecule has 1 saturated heterocycles. The SMILES string of the molecule is CC(C)CCC[C@@H](C)[C@H]1CC[C@H]2[C@@H]3CC=C4CC(SN5CCOCC5)CC[C@]4(C)[C@H]3CC[C@]12C. The molecule has 34 heavy (non-hydrogen) atoms. The van der Waals surface area contributed by atoms with E-state index < -0.39 is 0 Å². The highest BCUT2D eigenvalue weighted by Crippen LogP contribution is 2.67. The van der Waals surface area contributed by atoms with Gasteiger partial charge in [0.2, 0.25) is 0 Å². The van der Waals surface area contributed by atoms with E-state index in [-0.39, 0.29) is 0 Å². The van der Waals surface area contributed by atoms with Gasteiger partial charge >= 0.3 is 0 Å². The topological polar surface area (TPSA) is 12.5 Å². The molecule has 2 nitrogen and oxygen atoms in total. The summed E-state index contributed by atoms with van der Waals surface area (Å²) in [6.45, 7) is 16.9. The minimum Gasteiger partial charge on any atom is -0.379 e. The summed E-state index contributed by atoms with van der Waals surface area (Å²) in [7, 11) is 0. The lowest BCUT2D eigenvalue weighted by Crippen LogP contribution is -2.50. The Morgan fingerprint density at radius 3 is 2.56 bits per heavy atom. The molecule has 194 valence electrons. The monoisotopic (exact) mass is 487 g/mol. The van der Waals surface area contributed by atoms with Crippen molar-refractivity contribution in [1.82, 2.24) is 4.31 Å². The van der Waals surface area contributed by atoms with Crippen LogP contribution in [0.2, 0.25) is 0 Å². The molecular formula is C31H53NOS. The molecule has 0 aromatic carbocycles. The number of ether oxygens (including phenoxy) is 1. The second kappa shape index (κ2) is 10.4. The molecule has 0 radical (unpaired) electrons. The van der Waals surface area contributed by atoms with Crippen molar-refractivity contribution in [3.8, 4) is 0 Å². The molecule has 0 amide bonds. The van der Waals surface area contributed by atoms with Gasteiger partial charge in [0, 0.05) is 18.3 Å². The van der Waals surface area contributed by atoms with E-state index in [0.29, 0.717) is 10.8 Å². The van der Waals surface area contributed by atoms with E-state index in [9.17, 15) is 0 Å². The van der Waals surface area contributed by atoms with Crippen molar-refractivity contribution in [3.05, 3.63) is 11.6 Å². The Labute approximate surface area is 215 Å². The van der Waals surface area contributed by atoms with Gasteiger partial charge in [-0.1, -0.05) is 77.5 Å². The van der Waals surface area contributed by atoms with Crippen molar-refractivity contribution in [2.75, 3.05) is 26.3 Å². The van der Waals surface area contributed by atoms with Crippen LogP contribution in [0.4, 0.5) is 0 Å². The minimum atomic E-state index is 0.493. The van der Waals surface area contributed by atoms with Crippen molar-refractivity contribution in [2.45, 2.75) is 110 Å². The quantitative estimate of drug-likeness (QED) is 0.264. The average molecular weight is 488 g/mol. The highest BCUT2D eigenvalue weighted by molar-refractivity contribution is 7.97. The minimum absolute atomic E-state index is 0.493. The molecule has 1 unspecified atom stereocenters. The summed E-state index contributed by atoms with van der Waals surface area (Å²) in [4.78, 5) is 0. The van der Waals surface area contributed by atoms with Gasteiger partial charge in [-0.25, -0.2) is 4.31 Å². The average Bonchev–Trinajstić information content (AvgIpc) is 3.17. The number of fused-ring (bicyclic) bond motifs is 5. The summed E-state index contributed by atoms with van der Waals surface area (Å²) < 4.78 is 8.17. The fraction of sp³-hybridized carbons (Fsp3) is 0.935. The first-order valence-electron chi connectivity index (χ1n) is 15.0. The van der Waals surface area contributed by atoms with Crippen LogP contribution in [-0.2, 0) is 4.74 Å². The van der Waals surface area contributed by atoms with Crippen LogP contribution < -0.4 is 0 Å². The van der Waals surface area contributed by atoms with Gasteiger partial charge in [-0.05, 0) is 97.7 Å². The zero-order chi connectivity index (χ0) is 23.9. The largest absolute Gasteiger partial charge is 0.379 e. The molecule has 0 bridgehead atoms. The molecule has 1 heterocycles. The van der Waals surface area contributed by atoms with Gasteiger partial charge in [-0.3, -0.25) is 0 Å². The number of morpholine rings is 1. The Bertz CT molecular complexity index is 729. The summed E-state index contributed by atoms with van der Waals surface area (Å²) in [6.07, 6.45) is 18.7. The predicted molar refractivity (Wildman–Crippen MR) is 147 cm³/mol. The normalized spacial score (nSPS) is 43.7. The molecule has 0 aromatic rings. The first kappa shape index (κ1) is 25.7. The number of allylic oxidation sites excluding steroid dienone is 2. The standard InChI is InChI=1S/C31H53NOS/c1-22(2)7-6-8-23(3)27-11-12-28-26-10-9-24-21-25(34-32-17-19-33-20-18-32)13-15-30(24,4)29(26)14-16-31(27,28)5/h9,22-23,25-29H,6-8,10-21H2,1-5H3/t23-,25?,26+,27-,28+,29+,30+,31-/m1/s1. The molecule has 3 heteroatoms. The van der Waals surface area contributed by atoms with Gasteiger partial charge in [-0.15, -0.1) is 0 Å². The summed E-state index contributed by atoms with van der Waals surface area (Å²) in [5.41, 5.74) is 2.96. The third kappa shape index (κ3) is 4.81. The third-order valence-corrected chi connectivity index (χ3v) is 12.9. The Morgan fingerprint density at radius 2 is 1.79 bits per heavy atom. The molecular weight excluding hydrogens is 434 g/mol.